The SMILES string of the molecule is CC(=O)N1CCC(C(=O)OCCOc2c(C)cccc2C)(c2ccccc2)CC1. The maximum atomic E-state index is 13.2. The first-order valence-electron chi connectivity index (χ1n) is 10.1. The van der Waals surface area contributed by atoms with Crippen LogP contribution >= 0.6 is 0 Å². The second kappa shape index (κ2) is 9.12. The van der Waals surface area contributed by atoms with Crippen molar-refractivity contribution in [2.75, 3.05) is 26.3 Å². The van der Waals surface area contributed by atoms with Crippen LogP contribution in [-0.4, -0.2) is 43.1 Å². The van der Waals surface area contributed by atoms with Crippen molar-refractivity contribution >= 4 is 11.9 Å². The van der Waals surface area contributed by atoms with Gasteiger partial charge in [0.05, 0.1) is 5.41 Å². The summed E-state index contributed by atoms with van der Waals surface area (Å²) in [6, 6.07) is 15.7. The fourth-order valence-electron chi connectivity index (χ4n) is 4.01. The fourth-order valence-corrected chi connectivity index (χ4v) is 4.01. The number of para-hydroxylation sites is 1. The van der Waals surface area contributed by atoms with Crippen LogP contribution in [0, 0.1) is 13.8 Å². The van der Waals surface area contributed by atoms with Crippen molar-refractivity contribution in [2.45, 2.75) is 39.0 Å². The van der Waals surface area contributed by atoms with Crippen LogP contribution in [0.2, 0.25) is 0 Å². The molecule has 3 rings (SSSR count). The second-order valence-electron chi connectivity index (χ2n) is 7.66. The highest BCUT2D eigenvalue weighted by Gasteiger charge is 2.44. The van der Waals surface area contributed by atoms with Crippen LogP contribution < -0.4 is 4.74 Å². The number of carbonyl (C=O) groups excluding carboxylic acids is 2. The van der Waals surface area contributed by atoms with Crippen LogP contribution in [-0.2, 0) is 19.7 Å². The van der Waals surface area contributed by atoms with Gasteiger partial charge in [-0.25, -0.2) is 0 Å². The Morgan fingerprint density at radius 3 is 2.14 bits per heavy atom. The van der Waals surface area contributed by atoms with E-state index in [0.29, 0.717) is 32.5 Å². The van der Waals surface area contributed by atoms with Crippen molar-refractivity contribution in [3.63, 3.8) is 0 Å². The number of carbonyl (C=O) groups is 2. The molecule has 0 aliphatic carbocycles. The van der Waals surface area contributed by atoms with E-state index < -0.39 is 5.41 Å². The van der Waals surface area contributed by atoms with Gasteiger partial charge in [-0.05, 0) is 43.4 Å². The summed E-state index contributed by atoms with van der Waals surface area (Å²) in [5.41, 5.74) is 2.36. The van der Waals surface area contributed by atoms with Gasteiger partial charge in [-0.2, -0.15) is 0 Å². The zero-order valence-corrected chi connectivity index (χ0v) is 17.4. The quantitative estimate of drug-likeness (QED) is 0.551. The highest BCUT2D eigenvalue weighted by molar-refractivity contribution is 5.84. The first-order valence-corrected chi connectivity index (χ1v) is 10.1. The number of esters is 1. The summed E-state index contributed by atoms with van der Waals surface area (Å²) in [6.07, 6.45) is 1.13. The van der Waals surface area contributed by atoms with E-state index in [1.165, 1.54) is 0 Å². The summed E-state index contributed by atoms with van der Waals surface area (Å²) in [4.78, 5) is 26.7. The van der Waals surface area contributed by atoms with Crippen molar-refractivity contribution in [2.24, 2.45) is 0 Å². The van der Waals surface area contributed by atoms with E-state index in [1.54, 1.807) is 11.8 Å². The van der Waals surface area contributed by atoms with Gasteiger partial charge in [-0.3, -0.25) is 9.59 Å². The van der Waals surface area contributed by atoms with Crippen molar-refractivity contribution in [3.8, 4) is 5.75 Å². The number of benzene rings is 2. The lowest BCUT2D eigenvalue weighted by Gasteiger charge is -2.40. The van der Waals surface area contributed by atoms with Crippen LogP contribution in [0.15, 0.2) is 48.5 Å². The molecular weight excluding hydrogens is 366 g/mol. The normalized spacial score (nSPS) is 15.6. The van der Waals surface area contributed by atoms with Crippen LogP contribution in [0.3, 0.4) is 0 Å². The third-order valence-electron chi connectivity index (χ3n) is 5.75. The van der Waals surface area contributed by atoms with E-state index in [1.807, 2.05) is 62.4 Å². The van der Waals surface area contributed by atoms with E-state index in [9.17, 15) is 9.59 Å². The van der Waals surface area contributed by atoms with Gasteiger partial charge in [0.1, 0.15) is 19.0 Å². The maximum Gasteiger partial charge on any atom is 0.316 e. The molecule has 1 fully saturated rings. The highest BCUT2D eigenvalue weighted by Crippen LogP contribution is 2.37. The molecule has 1 aliphatic heterocycles. The van der Waals surface area contributed by atoms with Gasteiger partial charge in [-0.1, -0.05) is 48.5 Å². The molecule has 0 saturated carbocycles. The number of hydrogen-bond donors (Lipinski definition) is 0. The number of nitrogens with zero attached hydrogens (tertiary/aromatic N) is 1. The number of likely N-dealkylation sites (tertiary alicyclic amines) is 1. The molecule has 2 aromatic carbocycles. The number of piperidine rings is 1. The number of hydrogen-bond acceptors (Lipinski definition) is 4. The number of amides is 1. The number of ether oxygens (including phenoxy) is 2. The van der Waals surface area contributed by atoms with Gasteiger partial charge in [-0.15, -0.1) is 0 Å². The predicted octanol–water partition coefficient (Wildman–Crippen LogP) is 3.81. The molecular formula is C24H29NO4. The summed E-state index contributed by atoms with van der Waals surface area (Å²) in [5.74, 6) is 0.648. The standard InChI is InChI=1S/C24H29NO4/c1-18-8-7-9-19(2)22(18)28-16-17-29-23(27)24(21-10-5-4-6-11-21)12-14-25(15-13-24)20(3)26/h4-11H,12-17H2,1-3H3. The summed E-state index contributed by atoms with van der Waals surface area (Å²) in [6.45, 7) is 7.18. The molecule has 0 bridgehead atoms. The maximum absolute atomic E-state index is 13.2. The molecule has 1 amide bonds. The lowest BCUT2D eigenvalue weighted by atomic mass is 9.72. The Bertz CT molecular complexity index is 834. The average Bonchev–Trinajstić information content (AvgIpc) is 2.73. The zero-order chi connectivity index (χ0) is 20.9. The minimum atomic E-state index is -0.716. The molecule has 1 saturated heterocycles. The van der Waals surface area contributed by atoms with Gasteiger partial charge >= 0.3 is 5.97 Å². The molecule has 0 spiro atoms. The molecule has 5 nitrogen and oxygen atoms in total. The Kier molecular flexibility index (Phi) is 6.57. The minimum Gasteiger partial charge on any atom is -0.489 e. The Hall–Kier alpha value is -2.82. The minimum absolute atomic E-state index is 0.0435. The van der Waals surface area contributed by atoms with E-state index in [-0.39, 0.29) is 18.5 Å². The molecule has 2 aromatic rings. The first kappa shape index (κ1) is 20.9. The molecule has 5 heteroatoms. The molecule has 29 heavy (non-hydrogen) atoms. The topological polar surface area (TPSA) is 55.8 Å². The Labute approximate surface area is 172 Å². The first-order chi connectivity index (χ1) is 13.9. The van der Waals surface area contributed by atoms with Crippen molar-refractivity contribution < 1.29 is 19.1 Å². The number of rotatable bonds is 6. The van der Waals surface area contributed by atoms with Crippen LogP contribution in [0.25, 0.3) is 0 Å². The van der Waals surface area contributed by atoms with Gasteiger partial charge in [0.2, 0.25) is 5.91 Å². The summed E-state index contributed by atoms with van der Waals surface area (Å²) >= 11 is 0. The van der Waals surface area contributed by atoms with Crippen LogP contribution in [0.4, 0.5) is 0 Å². The molecule has 1 aliphatic rings. The molecule has 1 heterocycles. The molecule has 0 unspecified atom stereocenters. The van der Waals surface area contributed by atoms with Gasteiger partial charge in [0.15, 0.2) is 0 Å². The fraction of sp³-hybridized carbons (Fsp3) is 0.417. The summed E-state index contributed by atoms with van der Waals surface area (Å²) in [7, 11) is 0. The molecule has 0 aromatic heterocycles. The van der Waals surface area contributed by atoms with Crippen molar-refractivity contribution in [3.05, 3.63) is 65.2 Å². The zero-order valence-electron chi connectivity index (χ0n) is 17.4. The molecule has 0 N–H and O–H groups in total. The van der Waals surface area contributed by atoms with Gasteiger partial charge in [0, 0.05) is 20.0 Å². The Morgan fingerprint density at radius 1 is 0.931 bits per heavy atom. The summed E-state index contributed by atoms with van der Waals surface area (Å²) in [5, 5.41) is 0. The van der Waals surface area contributed by atoms with Crippen LogP contribution in [0.1, 0.15) is 36.5 Å². The molecule has 154 valence electrons. The summed E-state index contributed by atoms with van der Waals surface area (Å²) < 4.78 is 11.5. The monoisotopic (exact) mass is 395 g/mol. The van der Waals surface area contributed by atoms with E-state index in [0.717, 1.165) is 22.4 Å². The van der Waals surface area contributed by atoms with Crippen molar-refractivity contribution in [1.29, 1.82) is 0 Å². The Balaban J connectivity index is 1.66. The smallest absolute Gasteiger partial charge is 0.316 e. The van der Waals surface area contributed by atoms with Gasteiger partial charge in [0.25, 0.3) is 0 Å². The largest absolute Gasteiger partial charge is 0.489 e. The average molecular weight is 395 g/mol. The van der Waals surface area contributed by atoms with E-state index in [2.05, 4.69) is 0 Å². The van der Waals surface area contributed by atoms with Gasteiger partial charge < -0.3 is 14.4 Å². The van der Waals surface area contributed by atoms with Crippen LogP contribution in [0.5, 0.6) is 5.75 Å². The third-order valence-corrected chi connectivity index (χ3v) is 5.75. The lowest BCUT2D eigenvalue weighted by Crippen LogP contribution is -2.49. The third kappa shape index (κ3) is 4.61. The van der Waals surface area contributed by atoms with E-state index in [4.69, 9.17) is 9.47 Å². The van der Waals surface area contributed by atoms with E-state index >= 15 is 0 Å². The predicted molar refractivity (Wildman–Crippen MR) is 112 cm³/mol. The highest BCUT2D eigenvalue weighted by atomic mass is 16.6. The number of aryl methyl sites for hydroxylation is 2. The molecule has 0 radical (unpaired) electrons. The lowest BCUT2D eigenvalue weighted by molar-refractivity contribution is -0.155. The molecule has 0 atom stereocenters. The second-order valence-corrected chi connectivity index (χ2v) is 7.66. The van der Waals surface area contributed by atoms with Crippen molar-refractivity contribution in [1.82, 2.24) is 4.90 Å². The Morgan fingerprint density at radius 2 is 1.55 bits per heavy atom.